The number of hydrogen-bond donors (Lipinski definition) is 2. The Bertz CT molecular complexity index is 443. The Morgan fingerprint density at radius 1 is 1.38 bits per heavy atom. The smallest absolute Gasteiger partial charge is 0.318 e. The number of urea groups is 1. The second-order valence-electron chi connectivity index (χ2n) is 5.66. The van der Waals surface area contributed by atoms with E-state index in [-0.39, 0.29) is 12.1 Å². The van der Waals surface area contributed by atoms with Crippen LogP contribution in [0.5, 0.6) is 0 Å². The van der Waals surface area contributed by atoms with Gasteiger partial charge in [-0.25, -0.2) is 4.79 Å². The van der Waals surface area contributed by atoms with E-state index in [1.54, 1.807) is 0 Å². The number of aromatic nitrogens is 1. The summed E-state index contributed by atoms with van der Waals surface area (Å²) in [5.74, 6) is 0. The predicted octanol–water partition coefficient (Wildman–Crippen LogP) is 1.19. The second kappa shape index (κ2) is 6.95. The summed E-state index contributed by atoms with van der Waals surface area (Å²) in [4.78, 5) is 19.9. The highest BCUT2D eigenvalue weighted by atomic mass is 16.5. The Balaban J connectivity index is 1.46. The molecule has 1 aromatic heterocycles. The third kappa shape index (κ3) is 3.57. The van der Waals surface area contributed by atoms with Gasteiger partial charge in [0.25, 0.3) is 0 Å². The number of ether oxygens (including phenoxy) is 1. The molecule has 21 heavy (non-hydrogen) atoms. The van der Waals surface area contributed by atoms with Crippen molar-refractivity contribution in [2.75, 3.05) is 45.9 Å². The summed E-state index contributed by atoms with van der Waals surface area (Å²) in [5, 5.41) is 3.05. The monoisotopic (exact) mass is 292 g/mol. The summed E-state index contributed by atoms with van der Waals surface area (Å²) in [6, 6.07) is 4.30. The highest BCUT2D eigenvalue weighted by Crippen LogP contribution is 2.30. The van der Waals surface area contributed by atoms with Gasteiger partial charge >= 0.3 is 6.03 Å². The molecular formula is C15H24N4O2. The van der Waals surface area contributed by atoms with Crippen LogP contribution in [0.2, 0.25) is 0 Å². The summed E-state index contributed by atoms with van der Waals surface area (Å²) in [6.07, 6.45) is 4.03. The van der Waals surface area contributed by atoms with Crippen LogP contribution in [0.25, 0.3) is 0 Å². The van der Waals surface area contributed by atoms with Gasteiger partial charge in [-0.1, -0.05) is 0 Å². The first-order chi connectivity index (χ1) is 10.3. The van der Waals surface area contributed by atoms with Crippen molar-refractivity contribution in [2.45, 2.75) is 18.9 Å². The van der Waals surface area contributed by atoms with E-state index in [4.69, 9.17) is 4.74 Å². The first-order valence-corrected chi connectivity index (χ1v) is 7.82. The van der Waals surface area contributed by atoms with Crippen LogP contribution in [0.3, 0.4) is 0 Å². The summed E-state index contributed by atoms with van der Waals surface area (Å²) < 4.78 is 5.32. The van der Waals surface area contributed by atoms with Gasteiger partial charge in [-0.05, 0) is 25.0 Å². The Kier molecular flexibility index (Phi) is 4.77. The number of amides is 2. The van der Waals surface area contributed by atoms with Gasteiger partial charge in [0.15, 0.2) is 0 Å². The van der Waals surface area contributed by atoms with Gasteiger partial charge in [0.1, 0.15) is 0 Å². The van der Waals surface area contributed by atoms with Crippen molar-refractivity contribution in [1.82, 2.24) is 20.1 Å². The minimum atomic E-state index is 0.0559. The van der Waals surface area contributed by atoms with E-state index in [2.05, 4.69) is 21.3 Å². The van der Waals surface area contributed by atoms with E-state index in [1.807, 2.05) is 17.2 Å². The van der Waals surface area contributed by atoms with Gasteiger partial charge in [0.05, 0.1) is 19.3 Å². The average molecular weight is 292 g/mol. The number of aromatic amines is 1. The van der Waals surface area contributed by atoms with Crippen LogP contribution in [0.15, 0.2) is 18.3 Å². The molecule has 2 aliphatic heterocycles. The number of hydrogen-bond acceptors (Lipinski definition) is 3. The minimum Gasteiger partial charge on any atom is -0.379 e. The van der Waals surface area contributed by atoms with Crippen LogP contribution in [0.1, 0.15) is 24.6 Å². The first kappa shape index (κ1) is 14.4. The summed E-state index contributed by atoms with van der Waals surface area (Å²) in [5.41, 5.74) is 1.14. The molecule has 2 N–H and O–H groups in total. The van der Waals surface area contributed by atoms with Gasteiger partial charge in [-0.3, -0.25) is 4.90 Å². The zero-order valence-electron chi connectivity index (χ0n) is 12.4. The number of likely N-dealkylation sites (tertiary alicyclic amines) is 1. The lowest BCUT2D eigenvalue weighted by Gasteiger charge is -2.28. The van der Waals surface area contributed by atoms with E-state index in [0.29, 0.717) is 6.54 Å². The number of carbonyl (C=O) groups is 1. The fourth-order valence-corrected chi connectivity index (χ4v) is 3.13. The van der Waals surface area contributed by atoms with Crippen molar-refractivity contribution in [3.05, 3.63) is 24.0 Å². The molecule has 1 aromatic rings. The molecule has 2 aliphatic rings. The van der Waals surface area contributed by atoms with Gasteiger partial charge in [0, 0.05) is 44.6 Å². The summed E-state index contributed by atoms with van der Waals surface area (Å²) in [6.45, 7) is 5.97. The van der Waals surface area contributed by atoms with E-state index >= 15 is 0 Å². The standard InChI is InChI=1S/C15H24N4O2/c20-15(17-6-8-18-9-11-21-12-10-18)19-7-2-4-14(19)13-3-1-5-16-13/h1,3,5,14,16H,2,4,6-12H2,(H,17,20)/t14-/m0/s1. The third-order valence-corrected chi connectivity index (χ3v) is 4.30. The third-order valence-electron chi connectivity index (χ3n) is 4.30. The van der Waals surface area contributed by atoms with Crippen LogP contribution in [0, 0.1) is 0 Å². The quantitative estimate of drug-likeness (QED) is 0.876. The number of morpholine rings is 1. The molecule has 2 saturated heterocycles. The van der Waals surface area contributed by atoms with Crippen molar-refractivity contribution in [2.24, 2.45) is 0 Å². The summed E-state index contributed by atoms with van der Waals surface area (Å²) >= 11 is 0. The molecule has 3 heterocycles. The Morgan fingerprint density at radius 3 is 3.00 bits per heavy atom. The highest BCUT2D eigenvalue weighted by molar-refractivity contribution is 5.75. The molecule has 0 aliphatic carbocycles. The lowest BCUT2D eigenvalue weighted by Crippen LogP contribution is -2.45. The predicted molar refractivity (Wildman–Crippen MR) is 80.1 cm³/mol. The van der Waals surface area contributed by atoms with Gasteiger partial charge < -0.3 is 19.9 Å². The normalized spacial score (nSPS) is 23.4. The minimum absolute atomic E-state index is 0.0559. The maximum atomic E-state index is 12.4. The maximum Gasteiger partial charge on any atom is 0.318 e. The maximum absolute atomic E-state index is 12.4. The van der Waals surface area contributed by atoms with Crippen LogP contribution in [0.4, 0.5) is 4.79 Å². The number of H-pyrrole nitrogens is 1. The van der Waals surface area contributed by atoms with Crippen molar-refractivity contribution in [1.29, 1.82) is 0 Å². The first-order valence-electron chi connectivity index (χ1n) is 7.82. The average Bonchev–Trinajstić information content (AvgIpc) is 3.19. The zero-order chi connectivity index (χ0) is 14.5. The topological polar surface area (TPSA) is 60.6 Å². The lowest BCUT2D eigenvalue weighted by atomic mass is 10.1. The molecule has 3 rings (SSSR count). The van der Waals surface area contributed by atoms with Crippen LogP contribution >= 0.6 is 0 Å². The molecule has 6 heteroatoms. The molecule has 1 atom stereocenters. The van der Waals surface area contributed by atoms with E-state index in [0.717, 1.165) is 57.9 Å². The zero-order valence-corrected chi connectivity index (χ0v) is 12.4. The second-order valence-corrected chi connectivity index (χ2v) is 5.66. The number of rotatable bonds is 4. The molecule has 0 aromatic carbocycles. The van der Waals surface area contributed by atoms with Crippen molar-refractivity contribution >= 4 is 6.03 Å². The molecule has 0 unspecified atom stereocenters. The Morgan fingerprint density at radius 2 is 2.24 bits per heavy atom. The molecule has 6 nitrogen and oxygen atoms in total. The summed E-state index contributed by atoms with van der Waals surface area (Å²) in [7, 11) is 0. The number of nitrogens with zero attached hydrogens (tertiary/aromatic N) is 2. The molecule has 0 spiro atoms. The number of carbonyl (C=O) groups excluding carboxylic acids is 1. The largest absolute Gasteiger partial charge is 0.379 e. The van der Waals surface area contributed by atoms with Gasteiger partial charge in [-0.15, -0.1) is 0 Å². The molecule has 2 amide bonds. The Hall–Kier alpha value is -1.53. The SMILES string of the molecule is O=C(NCCN1CCOCC1)N1CCC[C@H]1c1ccc[nH]1. The van der Waals surface area contributed by atoms with Crippen LogP contribution < -0.4 is 5.32 Å². The number of nitrogens with one attached hydrogen (secondary N) is 2. The van der Waals surface area contributed by atoms with Gasteiger partial charge in [-0.2, -0.15) is 0 Å². The van der Waals surface area contributed by atoms with Crippen molar-refractivity contribution < 1.29 is 9.53 Å². The van der Waals surface area contributed by atoms with Crippen molar-refractivity contribution in [3.63, 3.8) is 0 Å². The molecule has 0 saturated carbocycles. The van der Waals surface area contributed by atoms with Crippen molar-refractivity contribution in [3.8, 4) is 0 Å². The van der Waals surface area contributed by atoms with E-state index in [9.17, 15) is 4.79 Å². The van der Waals surface area contributed by atoms with E-state index in [1.165, 1.54) is 0 Å². The molecular weight excluding hydrogens is 268 g/mol. The lowest BCUT2D eigenvalue weighted by molar-refractivity contribution is 0.0385. The Labute approximate surface area is 125 Å². The molecule has 2 fully saturated rings. The van der Waals surface area contributed by atoms with Gasteiger partial charge in [0.2, 0.25) is 0 Å². The van der Waals surface area contributed by atoms with Crippen LogP contribution in [-0.4, -0.2) is 66.8 Å². The van der Waals surface area contributed by atoms with Crippen LogP contribution in [-0.2, 0) is 4.74 Å². The fraction of sp³-hybridized carbons (Fsp3) is 0.667. The fourth-order valence-electron chi connectivity index (χ4n) is 3.13. The molecule has 0 bridgehead atoms. The highest BCUT2D eigenvalue weighted by Gasteiger charge is 2.30. The molecule has 116 valence electrons. The van der Waals surface area contributed by atoms with E-state index < -0.39 is 0 Å². The molecule has 0 radical (unpaired) electrons.